The Morgan fingerprint density at radius 1 is 1.24 bits per heavy atom. The predicted molar refractivity (Wildman–Crippen MR) is 56.0 cm³/mol. The molecule has 0 aromatic heterocycles. The van der Waals surface area contributed by atoms with Gasteiger partial charge in [-0.25, -0.2) is 4.39 Å². The average molecular weight is 247 g/mol. The molecule has 1 aromatic rings. The maximum atomic E-state index is 13.6. The Morgan fingerprint density at radius 2 is 1.88 bits per heavy atom. The van der Waals surface area contributed by atoms with Gasteiger partial charge in [0.05, 0.1) is 5.56 Å². The minimum Gasteiger partial charge on any atom is -0.330 e. The summed E-state index contributed by atoms with van der Waals surface area (Å²) in [5, 5.41) is 0. The van der Waals surface area contributed by atoms with E-state index in [1.165, 1.54) is 0 Å². The minimum absolute atomic E-state index is 0.112. The fourth-order valence-corrected chi connectivity index (χ4v) is 2.29. The zero-order valence-electron chi connectivity index (χ0n) is 9.15. The molecule has 1 aliphatic rings. The Morgan fingerprint density at radius 3 is 2.29 bits per heavy atom. The van der Waals surface area contributed by atoms with Crippen molar-refractivity contribution in [3.63, 3.8) is 0 Å². The molecule has 0 heterocycles. The van der Waals surface area contributed by atoms with Crippen molar-refractivity contribution in [2.24, 2.45) is 5.73 Å². The second-order valence-electron chi connectivity index (χ2n) is 4.53. The molecule has 0 unspecified atom stereocenters. The first-order valence-electron chi connectivity index (χ1n) is 5.46. The summed E-state index contributed by atoms with van der Waals surface area (Å²) in [6.45, 7) is 0.186. The first-order valence-corrected chi connectivity index (χ1v) is 5.46. The summed E-state index contributed by atoms with van der Waals surface area (Å²) in [4.78, 5) is 0. The van der Waals surface area contributed by atoms with E-state index in [2.05, 4.69) is 0 Å². The van der Waals surface area contributed by atoms with Crippen molar-refractivity contribution in [2.75, 3.05) is 6.54 Å². The molecule has 1 aromatic carbocycles. The van der Waals surface area contributed by atoms with Crippen molar-refractivity contribution in [1.82, 2.24) is 0 Å². The highest BCUT2D eigenvalue weighted by Crippen LogP contribution is 2.45. The smallest absolute Gasteiger partial charge is 0.330 e. The largest absolute Gasteiger partial charge is 0.416 e. The zero-order valence-corrected chi connectivity index (χ0v) is 9.15. The van der Waals surface area contributed by atoms with Gasteiger partial charge < -0.3 is 5.73 Å². The molecule has 17 heavy (non-hydrogen) atoms. The number of rotatable bonds is 2. The van der Waals surface area contributed by atoms with Gasteiger partial charge in [-0.05, 0) is 36.6 Å². The van der Waals surface area contributed by atoms with Crippen molar-refractivity contribution >= 4 is 0 Å². The Labute approximate surface area is 96.6 Å². The molecule has 0 bridgehead atoms. The third-order valence-electron chi connectivity index (χ3n) is 3.57. The standard InChI is InChI=1S/C12H13F4N/c13-10-3-2-8(12(14,15)16)6-9(10)11(7-17)4-1-5-11/h2-3,6H,1,4-5,7,17H2. The maximum absolute atomic E-state index is 13.6. The van der Waals surface area contributed by atoms with Crippen molar-refractivity contribution in [3.05, 3.63) is 35.1 Å². The van der Waals surface area contributed by atoms with E-state index in [0.29, 0.717) is 12.8 Å². The van der Waals surface area contributed by atoms with Gasteiger partial charge >= 0.3 is 6.18 Å². The maximum Gasteiger partial charge on any atom is 0.416 e. The highest BCUT2D eigenvalue weighted by Gasteiger charge is 2.41. The van der Waals surface area contributed by atoms with Gasteiger partial charge in [-0.2, -0.15) is 13.2 Å². The van der Waals surface area contributed by atoms with Crippen LogP contribution in [-0.4, -0.2) is 6.54 Å². The second-order valence-corrected chi connectivity index (χ2v) is 4.53. The zero-order chi connectivity index (χ0) is 12.7. The molecular weight excluding hydrogens is 234 g/mol. The highest BCUT2D eigenvalue weighted by molar-refractivity contribution is 5.35. The fraction of sp³-hybridized carbons (Fsp3) is 0.500. The summed E-state index contributed by atoms with van der Waals surface area (Å²) in [5.74, 6) is -0.594. The lowest BCUT2D eigenvalue weighted by Gasteiger charge is -2.41. The van der Waals surface area contributed by atoms with Crippen molar-refractivity contribution in [1.29, 1.82) is 0 Å². The van der Waals surface area contributed by atoms with Gasteiger partial charge in [-0.1, -0.05) is 6.42 Å². The van der Waals surface area contributed by atoms with E-state index in [-0.39, 0.29) is 12.1 Å². The van der Waals surface area contributed by atoms with Crippen molar-refractivity contribution < 1.29 is 17.6 Å². The van der Waals surface area contributed by atoms with Gasteiger partial charge in [0.2, 0.25) is 0 Å². The van der Waals surface area contributed by atoms with E-state index in [9.17, 15) is 17.6 Å². The van der Waals surface area contributed by atoms with Gasteiger partial charge in [-0.15, -0.1) is 0 Å². The molecule has 5 heteroatoms. The van der Waals surface area contributed by atoms with Crippen LogP contribution in [0, 0.1) is 5.82 Å². The SMILES string of the molecule is NCC1(c2cc(C(F)(F)F)ccc2F)CCC1. The van der Waals surface area contributed by atoms with E-state index in [4.69, 9.17) is 5.73 Å². The molecule has 94 valence electrons. The molecular formula is C12H13F4N. The molecule has 1 saturated carbocycles. The molecule has 0 aliphatic heterocycles. The summed E-state index contributed by atoms with van der Waals surface area (Å²) < 4.78 is 51.3. The molecule has 2 rings (SSSR count). The molecule has 2 N–H and O–H groups in total. The predicted octanol–water partition coefficient (Wildman–Crippen LogP) is 3.22. The minimum atomic E-state index is -4.44. The first-order chi connectivity index (χ1) is 7.89. The Bertz CT molecular complexity index is 415. The second kappa shape index (κ2) is 3.98. The summed E-state index contributed by atoms with van der Waals surface area (Å²) in [6, 6.07) is 2.55. The third-order valence-corrected chi connectivity index (χ3v) is 3.57. The van der Waals surface area contributed by atoms with Crippen LogP contribution >= 0.6 is 0 Å². The lowest BCUT2D eigenvalue weighted by atomic mass is 9.64. The van der Waals surface area contributed by atoms with E-state index < -0.39 is 23.0 Å². The summed E-state index contributed by atoms with van der Waals surface area (Å²) in [6.07, 6.45) is -2.25. The Kier molecular flexibility index (Phi) is 2.89. The molecule has 0 amide bonds. The highest BCUT2D eigenvalue weighted by atomic mass is 19.4. The quantitative estimate of drug-likeness (QED) is 0.798. The van der Waals surface area contributed by atoms with Crippen LogP contribution in [0.4, 0.5) is 17.6 Å². The van der Waals surface area contributed by atoms with E-state index in [0.717, 1.165) is 24.6 Å². The topological polar surface area (TPSA) is 26.0 Å². The van der Waals surface area contributed by atoms with Crippen molar-refractivity contribution in [2.45, 2.75) is 30.9 Å². The van der Waals surface area contributed by atoms with Crippen molar-refractivity contribution in [3.8, 4) is 0 Å². The van der Waals surface area contributed by atoms with Gasteiger partial charge in [0.25, 0.3) is 0 Å². The number of halogens is 4. The van der Waals surface area contributed by atoms with Crippen LogP contribution in [0.15, 0.2) is 18.2 Å². The van der Waals surface area contributed by atoms with Crippen LogP contribution in [-0.2, 0) is 11.6 Å². The molecule has 1 nitrogen and oxygen atoms in total. The van der Waals surface area contributed by atoms with E-state index in [1.54, 1.807) is 0 Å². The fourth-order valence-electron chi connectivity index (χ4n) is 2.29. The Balaban J connectivity index is 2.46. The van der Waals surface area contributed by atoms with Gasteiger partial charge in [0, 0.05) is 12.0 Å². The molecule has 0 atom stereocenters. The van der Waals surface area contributed by atoms with E-state index >= 15 is 0 Å². The van der Waals surface area contributed by atoms with Crippen LogP contribution in [0.1, 0.15) is 30.4 Å². The average Bonchev–Trinajstić information content (AvgIpc) is 2.18. The molecule has 1 fully saturated rings. The number of hydrogen-bond acceptors (Lipinski definition) is 1. The van der Waals surface area contributed by atoms with Crippen LogP contribution in [0.25, 0.3) is 0 Å². The normalized spacial score (nSPS) is 18.9. The molecule has 0 saturated heterocycles. The van der Waals surface area contributed by atoms with Crippen LogP contribution < -0.4 is 5.73 Å². The molecule has 0 radical (unpaired) electrons. The summed E-state index contributed by atoms with van der Waals surface area (Å²) >= 11 is 0. The number of benzene rings is 1. The summed E-state index contributed by atoms with van der Waals surface area (Å²) in [5.41, 5.74) is 4.29. The third kappa shape index (κ3) is 2.04. The van der Waals surface area contributed by atoms with E-state index in [1.807, 2.05) is 0 Å². The van der Waals surface area contributed by atoms with Gasteiger partial charge in [0.1, 0.15) is 5.82 Å². The summed E-state index contributed by atoms with van der Waals surface area (Å²) in [7, 11) is 0. The number of hydrogen-bond donors (Lipinski definition) is 1. The van der Waals surface area contributed by atoms with Gasteiger partial charge in [-0.3, -0.25) is 0 Å². The van der Waals surface area contributed by atoms with Crippen LogP contribution in [0.5, 0.6) is 0 Å². The van der Waals surface area contributed by atoms with Gasteiger partial charge in [0.15, 0.2) is 0 Å². The monoisotopic (exact) mass is 247 g/mol. The van der Waals surface area contributed by atoms with Crippen LogP contribution in [0.3, 0.4) is 0 Å². The Hall–Kier alpha value is -1.10. The lowest BCUT2D eigenvalue weighted by molar-refractivity contribution is -0.137. The number of nitrogens with two attached hydrogens (primary N) is 1. The number of alkyl halides is 3. The first kappa shape index (κ1) is 12.4. The van der Waals surface area contributed by atoms with Crippen LogP contribution in [0.2, 0.25) is 0 Å². The lowest BCUT2D eigenvalue weighted by Crippen LogP contribution is -2.42. The molecule has 0 spiro atoms. The molecule has 1 aliphatic carbocycles.